The van der Waals surface area contributed by atoms with Gasteiger partial charge in [-0.2, -0.15) is 0 Å². The first-order valence-electron chi connectivity index (χ1n) is 11.2. The molecule has 6 atom stereocenters. The predicted octanol–water partition coefficient (Wildman–Crippen LogP) is 4.22. The normalized spacial score (nSPS) is 31.7. The van der Waals surface area contributed by atoms with Crippen LogP contribution < -0.4 is 10.6 Å². The van der Waals surface area contributed by atoms with E-state index in [1.807, 2.05) is 6.92 Å². The molecule has 4 rings (SSSR count). The van der Waals surface area contributed by atoms with E-state index in [-0.39, 0.29) is 24.0 Å². The van der Waals surface area contributed by atoms with E-state index in [0.717, 1.165) is 62.3 Å². The van der Waals surface area contributed by atoms with Gasteiger partial charge < -0.3 is 10.6 Å². The number of halogens is 1. The number of hydrogen-bond donors (Lipinski definition) is 2. The number of rotatable bonds is 6. The van der Waals surface area contributed by atoms with Crippen LogP contribution in [0.2, 0.25) is 0 Å². The molecule has 6 unspecified atom stereocenters. The highest BCUT2D eigenvalue weighted by atomic mass is 127. The van der Waals surface area contributed by atoms with Gasteiger partial charge in [0.25, 0.3) is 0 Å². The van der Waals surface area contributed by atoms with E-state index in [9.17, 15) is 4.21 Å². The number of benzene rings is 1. The van der Waals surface area contributed by atoms with Gasteiger partial charge in [-0.15, -0.1) is 24.0 Å². The standard InChI is InChI=1S/C23H35N3OS.HI/c1-3-24-23(26-17-9-7-10-18(14-17)28(27)4-2)25-15-21-20-13-12-16-8-5-6-11-19(16)22(20)21;/h5-6,8,11,17-18,20-22H,3-4,7,9-10,12-15H2,1-2H3,(H2,24,25,26);1H. The van der Waals surface area contributed by atoms with Crippen LogP contribution in [0.15, 0.2) is 29.3 Å². The summed E-state index contributed by atoms with van der Waals surface area (Å²) in [4.78, 5) is 4.98. The van der Waals surface area contributed by atoms with Crippen LogP contribution >= 0.6 is 24.0 Å². The maximum atomic E-state index is 12.2. The van der Waals surface area contributed by atoms with E-state index >= 15 is 0 Å². The van der Waals surface area contributed by atoms with E-state index in [1.54, 1.807) is 11.1 Å². The van der Waals surface area contributed by atoms with Crippen molar-refractivity contribution in [2.45, 2.75) is 69.6 Å². The maximum Gasteiger partial charge on any atom is 0.191 e. The van der Waals surface area contributed by atoms with Crippen LogP contribution in [0, 0.1) is 11.8 Å². The number of hydrogen-bond acceptors (Lipinski definition) is 2. The second-order valence-corrected chi connectivity index (χ2v) is 10.6. The van der Waals surface area contributed by atoms with Gasteiger partial charge in [-0.25, -0.2) is 0 Å². The monoisotopic (exact) mass is 529 g/mol. The van der Waals surface area contributed by atoms with Crippen molar-refractivity contribution in [2.24, 2.45) is 16.8 Å². The van der Waals surface area contributed by atoms with Crippen LogP contribution in [0.4, 0.5) is 0 Å². The molecule has 1 aromatic rings. The third-order valence-electron chi connectivity index (χ3n) is 6.92. The third-order valence-corrected chi connectivity index (χ3v) is 8.66. The minimum absolute atomic E-state index is 0. The third kappa shape index (κ3) is 5.35. The Balaban J connectivity index is 0.00000240. The van der Waals surface area contributed by atoms with Crippen molar-refractivity contribution in [2.75, 3.05) is 18.8 Å². The predicted molar refractivity (Wildman–Crippen MR) is 134 cm³/mol. The molecule has 2 fully saturated rings. The molecule has 6 heteroatoms. The highest BCUT2D eigenvalue weighted by Gasteiger charge is 2.52. The minimum Gasteiger partial charge on any atom is -0.357 e. The summed E-state index contributed by atoms with van der Waals surface area (Å²) < 4.78 is 12.2. The van der Waals surface area contributed by atoms with E-state index in [0.29, 0.717) is 17.2 Å². The Kier molecular flexibility index (Phi) is 8.42. The molecule has 0 amide bonds. The number of nitrogens with zero attached hydrogens (tertiary/aromatic N) is 1. The largest absolute Gasteiger partial charge is 0.357 e. The van der Waals surface area contributed by atoms with Gasteiger partial charge in [0.15, 0.2) is 5.96 Å². The van der Waals surface area contributed by atoms with Crippen molar-refractivity contribution < 1.29 is 4.21 Å². The molecule has 0 aliphatic heterocycles. The summed E-state index contributed by atoms with van der Waals surface area (Å²) in [7, 11) is -0.680. The van der Waals surface area contributed by atoms with Gasteiger partial charge in [-0.3, -0.25) is 9.20 Å². The lowest BCUT2D eigenvalue weighted by molar-refractivity contribution is 0.413. The number of nitrogens with one attached hydrogen (secondary N) is 2. The summed E-state index contributed by atoms with van der Waals surface area (Å²) in [6.45, 7) is 5.95. The second kappa shape index (κ2) is 10.6. The molecule has 1 aromatic carbocycles. The molecule has 2 N–H and O–H groups in total. The second-order valence-electron chi connectivity index (χ2n) is 8.61. The molecular weight excluding hydrogens is 493 g/mol. The first-order chi connectivity index (χ1) is 13.7. The average Bonchev–Trinajstić information content (AvgIpc) is 3.45. The minimum atomic E-state index is -0.680. The van der Waals surface area contributed by atoms with Crippen LogP contribution in [0.1, 0.15) is 63.0 Å². The summed E-state index contributed by atoms with van der Waals surface area (Å²) >= 11 is 0. The lowest BCUT2D eigenvalue weighted by atomic mass is 9.92. The van der Waals surface area contributed by atoms with Crippen molar-refractivity contribution in [1.29, 1.82) is 0 Å². The van der Waals surface area contributed by atoms with E-state index in [4.69, 9.17) is 4.99 Å². The molecule has 3 aliphatic carbocycles. The first kappa shape index (κ1) is 23.0. The lowest BCUT2D eigenvalue weighted by Gasteiger charge is -2.30. The Labute approximate surface area is 195 Å². The van der Waals surface area contributed by atoms with Crippen LogP contribution in [0.25, 0.3) is 0 Å². The first-order valence-corrected chi connectivity index (χ1v) is 12.6. The van der Waals surface area contributed by atoms with Crippen LogP contribution in [-0.4, -0.2) is 40.3 Å². The topological polar surface area (TPSA) is 53.5 Å². The summed E-state index contributed by atoms with van der Waals surface area (Å²) in [5.41, 5.74) is 3.13. The number of fused-ring (bicyclic) bond motifs is 3. The molecular formula is C23H36IN3OS. The molecule has 0 aromatic heterocycles. The van der Waals surface area contributed by atoms with E-state index in [1.165, 1.54) is 12.8 Å². The zero-order chi connectivity index (χ0) is 19.5. The number of aliphatic imine (C=N–C) groups is 1. The molecule has 0 saturated heterocycles. The smallest absolute Gasteiger partial charge is 0.191 e. The fraction of sp³-hybridized carbons (Fsp3) is 0.696. The quantitative estimate of drug-likeness (QED) is 0.330. The van der Waals surface area contributed by atoms with Crippen LogP contribution in [0.5, 0.6) is 0 Å². The fourth-order valence-electron chi connectivity index (χ4n) is 5.42. The van der Waals surface area contributed by atoms with Crippen LogP contribution in [0.3, 0.4) is 0 Å². The molecule has 29 heavy (non-hydrogen) atoms. The highest BCUT2D eigenvalue weighted by Crippen LogP contribution is 2.59. The number of guanidine groups is 1. The molecule has 3 aliphatic rings. The molecule has 162 valence electrons. The van der Waals surface area contributed by atoms with Gasteiger partial charge in [0.05, 0.1) is 0 Å². The Hall–Kier alpha value is -0.630. The van der Waals surface area contributed by atoms with Gasteiger partial charge >= 0.3 is 0 Å². The Morgan fingerprint density at radius 3 is 2.83 bits per heavy atom. The van der Waals surface area contributed by atoms with Gasteiger partial charge in [0.2, 0.25) is 0 Å². The van der Waals surface area contributed by atoms with E-state index in [2.05, 4.69) is 41.8 Å². The molecule has 0 radical (unpaired) electrons. The number of aryl methyl sites for hydroxylation is 1. The Bertz CT molecular complexity index is 741. The van der Waals surface area contributed by atoms with Gasteiger partial charge in [-0.05, 0) is 67.9 Å². The van der Waals surface area contributed by atoms with Gasteiger partial charge in [-0.1, -0.05) is 37.6 Å². The van der Waals surface area contributed by atoms with Gasteiger partial charge in [0, 0.05) is 40.9 Å². The zero-order valence-corrected chi connectivity index (χ0v) is 20.9. The molecule has 4 nitrogen and oxygen atoms in total. The zero-order valence-electron chi connectivity index (χ0n) is 17.7. The molecule has 2 saturated carbocycles. The summed E-state index contributed by atoms with van der Waals surface area (Å²) in [5, 5.41) is 7.44. The van der Waals surface area contributed by atoms with Crippen LogP contribution in [-0.2, 0) is 17.2 Å². The van der Waals surface area contributed by atoms with Crippen molar-refractivity contribution in [3.63, 3.8) is 0 Å². The Morgan fingerprint density at radius 2 is 2.03 bits per heavy atom. The van der Waals surface area contributed by atoms with Crippen molar-refractivity contribution >= 4 is 40.7 Å². The highest BCUT2D eigenvalue weighted by molar-refractivity contribution is 14.0. The lowest BCUT2D eigenvalue weighted by Crippen LogP contribution is -2.46. The van der Waals surface area contributed by atoms with Crippen molar-refractivity contribution in [3.8, 4) is 0 Å². The van der Waals surface area contributed by atoms with Crippen molar-refractivity contribution in [3.05, 3.63) is 35.4 Å². The summed E-state index contributed by atoms with van der Waals surface area (Å²) in [6, 6.07) is 9.38. The fourth-order valence-corrected chi connectivity index (χ4v) is 6.77. The Morgan fingerprint density at radius 1 is 1.21 bits per heavy atom. The SMILES string of the molecule is CCNC(=NCC1C2CCc3ccccc3C21)NC1CCCC(S(=O)CC)C1.I. The van der Waals surface area contributed by atoms with Gasteiger partial charge in [0.1, 0.15) is 0 Å². The summed E-state index contributed by atoms with van der Waals surface area (Å²) in [5.74, 6) is 3.98. The van der Waals surface area contributed by atoms with E-state index < -0.39 is 10.8 Å². The summed E-state index contributed by atoms with van der Waals surface area (Å²) in [6.07, 6.45) is 6.98. The molecule has 0 heterocycles. The average molecular weight is 530 g/mol. The van der Waals surface area contributed by atoms with Crippen molar-refractivity contribution in [1.82, 2.24) is 10.6 Å². The molecule has 0 spiro atoms. The molecule has 0 bridgehead atoms. The maximum absolute atomic E-state index is 12.2.